The summed E-state index contributed by atoms with van der Waals surface area (Å²) in [6.07, 6.45) is 4.22. The zero-order chi connectivity index (χ0) is 34.9. The molecule has 0 saturated carbocycles. The molecule has 0 bridgehead atoms. The molecule has 0 unspecified atom stereocenters. The molecule has 9 heteroatoms. The van der Waals surface area contributed by atoms with Gasteiger partial charge in [0.15, 0.2) is 5.65 Å². The third-order valence-corrected chi connectivity index (χ3v) is 17.4. The van der Waals surface area contributed by atoms with Gasteiger partial charge in [-0.05, 0) is 80.0 Å². The summed E-state index contributed by atoms with van der Waals surface area (Å²) >= 11 is 0. The zero-order valence-electron chi connectivity index (χ0n) is 30.6. The van der Waals surface area contributed by atoms with E-state index in [2.05, 4.69) is 111 Å². The Bertz CT molecular complexity index is 1840. The fourth-order valence-electron chi connectivity index (χ4n) is 8.19. The molecule has 0 spiro atoms. The van der Waals surface area contributed by atoms with Gasteiger partial charge in [-0.3, -0.25) is 14.3 Å². The van der Waals surface area contributed by atoms with Crippen LogP contribution in [0.4, 0.5) is 17.3 Å². The van der Waals surface area contributed by atoms with Crippen molar-refractivity contribution in [2.75, 3.05) is 50.5 Å². The molecule has 8 nitrogen and oxygen atoms in total. The lowest BCUT2D eigenvalue weighted by molar-refractivity contribution is 0.0188. The van der Waals surface area contributed by atoms with Gasteiger partial charge >= 0.3 is 0 Å². The Labute approximate surface area is 293 Å². The summed E-state index contributed by atoms with van der Waals surface area (Å²) in [7, 11) is 2.35. The number of aromatic nitrogens is 3. The van der Waals surface area contributed by atoms with Gasteiger partial charge in [-0.2, -0.15) is 4.98 Å². The van der Waals surface area contributed by atoms with Crippen LogP contribution in [0, 0.1) is 11.5 Å². The van der Waals surface area contributed by atoms with E-state index < -0.39 is 8.07 Å². The van der Waals surface area contributed by atoms with Gasteiger partial charge < -0.3 is 15.1 Å². The first-order valence-corrected chi connectivity index (χ1v) is 20.2. The van der Waals surface area contributed by atoms with Crippen LogP contribution in [-0.4, -0.2) is 84.8 Å². The molecule has 2 fully saturated rings. The fraction of sp³-hybridized carbons (Fsp3) is 0.475. The molecular weight excluding hydrogens is 623 g/mol. The minimum atomic E-state index is -2.02. The summed E-state index contributed by atoms with van der Waals surface area (Å²) < 4.78 is 1.67. The van der Waals surface area contributed by atoms with Crippen LogP contribution in [-0.2, 0) is 0 Å². The summed E-state index contributed by atoms with van der Waals surface area (Å²) in [5.74, 6) is 3.95. The molecule has 0 amide bonds. The molecule has 0 aliphatic carbocycles. The van der Waals surface area contributed by atoms with E-state index in [1.165, 1.54) is 31.6 Å². The first-order chi connectivity index (χ1) is 23.5. The molecule has 6 rings (SSSR count). The van der Waals surface area contributed by atoms with Crippen molar-refractivity contribution in [3.63, 3.8) is 0 Å². The average Bonchev–Trinajstić information content (AvgIpc) is 3.05. The van der Waals surface area contributed by atoms with Crippen LogP contribution in [0.1, 0.15) is 59.9 Å². The average molecular weight is 676 g/mol. The number of nitrogens with zero attached hydrogens (tertiary/aromatic N) is 6. The van der Waals surface area contributed by atoms with Gasteiger partial charge in [-0.15, -0.1) is 5.54 Å². The number of piperidine rings is 1. The smallest absolute Gasteiger partial charge is 0.258 e. The molecule has 2 saturated heterocycles. The summed E-state index contributed by atoms with van der Waals surface area (Å²) in [4.78, 5) is 31.0. The van der Waals surface area contributed by atoms with E-state index in [0.717, 1.165) is 29.9 Å². The van der Waals surface area contributed by atoms with E-state index in [1.807, 2.05) is 36.5 Å². The Kier molecular flexibility index (Phi) is 10.3. The molecule has 49 heavy (non-hydrogen) atoms. The van der Waals surface area contributed by atoms with Gasteiger partial charge in [0.05, 0.1) is 11.1 Å². The van der Waals surface area contributed by atoms with Crippen molar-refractivity contribution in [2.45, 2.75) is 83.1 Å². The Hall–Kier alpha value is -3.97. The second-order valence-corrected chi connectivity index (χ2v) is 20.7. The molecular formula is C40H53N7OSi. The first kappa shape index (κ1) is 34.9. The number of hydrogen-bond donors (Lipinski definition) is 1. The highest BCUT2D eigenvalue weighted by Gasteiger charge is 2.42. The van der Waals surface area contributed by atoms with Crippen LogP contribution in [0.3, 0.4) is 0 Å². The van der Waals surface area contributed by atoms with E-state index >= 15 is 0 Å². The second-order valence-electron chi connectivity index (χ2n) is 15.1. The van der Waals surface area contributed by atoms with Crippen molar-refractivity contribution in [2.24, 2.45) is 0 Å². The van der Waals surface area contributed by atoms with E-state index in [1.54, 1.807) is 10.6 Å². The van der Waals surface area contributed by atoms with Crippen LogP contribution in [0.2, 0.25) is 16.6 Å². The third kappa shape index (κ3) is 7.05. The van der Waals surface area contributed by atoms with Crippen molar-refractivity contribution in [1.82, 2.24) is 24.3 Å². The molecule has 0 atom stereocenters. The Balaban J connectivity index is 1.26. The summed E-state index contributed by atoms with van der Waals surface area (Å²) in [5, 5.41) is 4.17. The Morgan fingerprint density at radius 1 is 0.878 bits per heavy atom. The SMILES string of the molecule is CC(C)[Si](C#Cc1cc(=O)n(-c2ccccc2)c2nc(Nc3ccc(N4CCC(N5CC(N(C)C)C5)CC4)cc3)ncc12)(C(C)C)C(C)C. The topological polar surface area (TPSA) is 69.5 Å². The monoisotopic (exact) mass is 675 g/mol. The molecule has 4 aromatic rings. The minimum absolute atomic E-state index is 0.154. The number of hydrogen-bond acceptors (Lipinski definition) is 7. The van der Waals surface area contributed by atoms with Crippen LogP contribution in [0.15, 0.2) is 71.7 Å². The summed E-state index contributed by atoms with van der Waals surface area (Å²) in [5.41, 5.74) is 9.25. The Morgan fingerprint density at radius 2 is 1.51 bits per heavy atom. The van der Waals surface area contributed by atoms with Gasteiger partial charge in [-0.1, -0.05) is 65.7 Å². The standard InChI is InChI=1S/C40H53N7OSi/c1-28(2)49(29(3)4,30(5)6)23-20-31-24-38(48)47(35-12-10-9-11-13-35)39-37(31)25-41-40(43-39)42-32-14-16-33(17-15-32)45-21-18-34(19-22-45)46-26-36(27-46)44(7)8/h9-17,24-25,28-30,34,36H,18-19,21-22,26-27H2,1-8H3,(H,41,42,43). The lowest BCUT2D eigenvalue weighted by Gasteiger charge is -2.49. The van der Waals surface area contributed by atoms with Gasteiger partial charge in [-0.25, -0.2) is 4.98 Å². The second kappa shape index (κ2) is 14.5. The number of pyridine rings is 1. The first-order valence-electron chi connectivity index (χ1n) is 18.0. The highest BCUT2D eigenvalue weighted by Crippen LogP contribution is 2.41. The van der Waals surface area contributed by atoms with E-state index in [9.17, 15) is 4.79 Å². The number of anilines is 3. The van der Waals surface area contributed by atoms with Crippen LogP contribution < -0.4 is 15.8 Å². The van der Waals surface area contributed by atoms with Crippen LogP contribution >= 0.6 is 0 Å². The molecule has 2 aliphatic rings. The lowest BCUT2D eigenvalue weighted by atomic mass is 9.96. The van der Waals surface area contributed by atoms with Crippen molar-refractivity contribution >= 4 is 36.4 Å². The quantitative estimate of drug-likeness (QED) is 0.147. The maximum Gasteiger partial charge on any atom is 0.258 e. The number of nitrogens with one attached hydrogen (secondary N) is 1. The van der Waals surface area contributed by atoms with Crippen LogP contribution in [0.5, 0.6) is 0 Å². The number of likely N-dealkylation sites (tertiary alicyclic amines) is 1. The highest BCUT2D eigenvalue weighted by molar-refractivity contribution is 6.90. The predicted molar refractivity (Wildman–Crippen MR) is 207 cm³/mol. The van der Waals surface area contributed by atoms with Gasteiger partial charge in [0, 0.05) is 67.5 Å². The maximum absolute atomic E-state index is 13.8. The normalized spacial score (nSPS) is 16.4. The molecule has 258 valence electrons. The number of rotatable bonds is 9. The minimum Gasteiger partial charge on any atom is -0.371 e. The van der Waals surface area contributed by atoms with Crippen molar-refractivity contribution in [3.05, 3.63) is 82.8 Å². The summed E-state index contributed by atoms with van der Waals surface area (Å²) in [6, 6.07) is 21.3. The lowest BCUT2D eigenvalue weighted by Crippen LogP contribution is -2.62. The molecule has 2 aromatic heterocycles. The van der Waals surface area contributed by atoms with E-state index in [4.69, 9.17) is 9.97 Å². The van der Waals surface area contributed by atoms with Gasteiger partial charge in [0.25, 0.3) is 5.56 Å². The largest absolute Gasteiger partial charge is 0.371 e. The summed E-state index contributed by atoms with van der Waals surface area (Å²) in [6.45, 7) is 18.4. The Morgan fingerprint density at radius 3 is 2.10 bits per heavy atom. The van der Waals surface area contributed by atoms with Crippen molar-refractivity contribution in [3.8, 4) is 17.2 Å². The molecule has 2 aliphatic heterocycles. The van der Waals surface area contributed by atoms with Crippen LogP contribution in [0.25, 0.3) is 16.7 Å². The molecule has 2 aromatic carbocycles. The number of benzene rings is 2. The predicted octanol–water partition coefficient (Wildman–Crippen LogP) is 7.31. The third-order valence-electron chi connectivity index (χ3n) is 11.1. The fourth-order valence-corrected chi connectivity index (χ4v) is 13.4. The maximum atomic E-state index is 13.8. The van der Waals surface area contributed by atoms with Crippen molar-refractivity contribution in [1.29, 1.82) is 0 Å². The molecule has 4 heterocycles. The number of para-hydroxylation sites is 1. The van der Waals surface area contributed by atoms with Crippen molar-refractivity contribution < 1.29 is 0 Å². The van der Waals surface area contributed by atoms with Gasteiger partial charge in [0.2, 0.25) is 5.95 Å². The molecule has 0 radical (unpaired) electrons. The number of likely N-dealkylation sites (N-methyl/N-ethyl adjacent to an activating group) is 1. The zero-order valence-corrected chi connectivity index (χ0v) is 31.6. The van der Waals surface area contributed by atoms with E-state index in [0.29, 0.717) is 45.9 Å². The number of fused-ring (bicyclic) bond motifs is 1. The van der Waals surface area contributed by atoms with E-state index in [-0.39, 0.29) is 5.56 Å². The highest BCUT2D eigenvalue weighted by atomic mass is 28.3. The molecule has 1 N–H and O–H groups in total. The van der Waals surface area contributed by atoms with Gasteiger partial charge in [0.1, 0.15) is 8.07 Å².